The Morgan fingerprint density at radius 1 is 1.40 bits per heavy atom. The lowest BCUT2D eigenvalue weighted by atomic mass is 10.0. The van der Waals surface area contributed by atoms with Crippen LogP contribution >= 0.6 is 0 Å². The molecule has 82 valence electrons. The predicted octanol–water partition coefficient (Wildman–Crippen LogP) is 0.291. The van der Waals surface area contributed by atoms with Gasteiger partial charge in [-0.2, -0.15) is 0 Å². The molecular weight excluding hydrogens is 192 g/mol. The van der Waals surface area contributed by atoms with E-state index in [2.05, 4.69) is 5.32 Å². The fraction of sp³-hybridized carbons (Fsp3) is 0.455. The van der Waals surface area contributed by atoms with Gasteiger partial charge in [0.1, 0.15) is 0 Å². The van der Waals surface area contributed by atoms with E-state index in [9.17, 15) is 5.11 Å². The van der Waals surface area contributed by atoms with Crippen LogP contribution < -0.4 is 11.1 Å². The molecule has 0 spiro atoms. The molecule has 2 rings (SSSR count). The summed E-state index contributed by atoms with van der Waals surface area (Å²) in [6.45, 7) is 2.05. The number of anilines is 1. The lowest BCUT2D eigenvalue weighted by Gasteiger charge is -2.28. The van der Waals surface area contributed by atoms with Crippen LogP contribution in [0.2, 0.25) is 0 Å². The van der Waals surface area contributed by atoms with Gasteiger partial charge in [0.15, 0.2) is 0 Å². The Morgan fingerprint density at radius 3 is 2.73 bits per heavy atom. The summed E-state index contributed by atoms with van der Waals surface area (Å²) in [6.07, 6.45) is -0.536. The van der Waals surface area contributed by atoms with Crippen molar-refractivity contribution in [1.29, 1.82) is 0 Å². The van der Waals surface area contributed by atoms with Crippen LogP contribution in [0.5, 0.6) is 0 Å². The van der Waals surface area contributed by atoms with E-state index in [0.29, 0.717) is 18.9 Å². The Kier molecular flexibility index (Phi) is 3.20. The molecule has 0 bridgehead atoms. The number of aliphatic hydroxyl groups is 1. The zero-order valence-corrected chi connectivity index (χ0v) is 8.52. The number of hydrogen-bond donors (Lipinski definition) is 3. The van der Waals surface area contributed by atoms with E-state index >= 15 is 0 Å². The molecule has 4 nitrogen and oxygen atoms in total. The van der Waals surface area contributed by atoms with Gasteiger partial charge in [0.05, 0.1) is 25.4 Å². The Morgan fingerprint density at radius 2 is 2.13 bits per heavy atom. The molecule has 0 aliphatic carbocycles. The van der Waals surface area contributed by atoms with Gasteiger partial charge < -0.3 is 20.9 Å². The normalized spacial score (nSPS) is 23.7. The molecule has 15 heavy (non-hydrogen) atoms. The summed E-state index contributed by atoms with van der Waals surface area (Å²) in [5.41, 5.74) is 7.16. The molecule has 4 heteroatoms. The van der Waals surface area contributed by atoms with Crippen LogP contribution in [0.3, 0.4) is 0 Å². The summed E-state index contributed by atoms with van der Waals surface area (Å²) in [5, 5.41) is 13.3. The average molecular weight is 208 g/mol. The highest BCUT2D eigenvalue weighted by molar-refractivity contribution is 5.40. The van der Waals surface area contributed by atoms with E-state index < -0.39 is 6.10 Å². The minimum Gasteiger partial charge on any atom is -0.399 e. The van der Waals surface area contributed by atoms with E-state index in [0.717, 1.165) is 12.1 Å². The monoisotopic (exact) mass is 208 g/mol. The number of morpholine rings is 1. The second kappa shape index (κ2) is 4.61. The maximum Gasteiger partial charge on any atom is 0.0965 e. The van der Waals surface area contributed by atoms with Gasteiger partial charge in [-0.15, -0.1) is 0 Å². The number of benzene rings is 1. The molecule has 1 aliphatic heterocycles. The number of nitrogen functional groups attached to an aromatic ring is 1. The molecule has 2 unspecified atom stereocenters. The summed E-state index contributed by atoms with van der Waals surface area (Å²) >= 11 is 0. The second-order valence-corrected chi connectivity index (χ2v) is 3.75. The maximum absolute atomic E-state index is 10.1. The first-order valence-electron chi connectivity index (χ1n) is 5.12. The van der Waals surface area contributed by atoms with Crippen molar-refractivity contribution in [3.05, 3.63) is 29.8 Å². The first-order chi connectivity index (χ1) is 7.27. The van der Waals surface area contributed by atoms with E-state index in [1.807, 2.05) is 12.1 Å². The molecule has 1 heterocycles. The van der Waals surface area contributed by atoms with Crippen LogP contribution in [-0.2, 0) is 4.74 Å². The molecule has 0 amide bonds. The summed E-state index contributed by atoms with van der Waals surface area (Å²) in [7, 11) is 0. The predicted molar refractivity (Wildman–Crippen MR) is 58.4 cm³/mol. The summed E-state index contributed by atoms with van der Waals surface area (Å²) < 4.78 is 5.30. The highest BCUT2D eigenvalue weighted by atomic mass is 16.5. The summed E-state index contributed by atoms with van der Waals surface area (Å²) in [4.78, 5) is 0. The molecular formula is C11H16N2O2. The zero-order valence-electron chi connectivity index (χ0n) is 8.52. The van der Waals surface area contributed by atoms with Crippen LogP contribution in [-0.4, -0.2) is 30.9 Å². The molecule has 2 atom stereocenters. The largest absolute Gasteiger partial charge is 0.399 e. The van der Waals surface area contributed by atoms with Crippen molar-refractivity contribution < 1.29 is 9.84 Å². The molecule has 1 aromatic carbocycles. The minimum absolute atomic E-state index is 0.0256. The van der Waals surface area contributed by atoms with Crippen molar-refractivity contribution in [1.82, 2.24) is 5.32 Å². The number of ether oxygens (including phenoxy) is 1. The molecule has 1 aliphatic rings. The fourth-order valence-electron chi connectivity index (χ4n) is 1.71. The minimum atomic E-state index is -0.536. The van der Waals surface area contributed by atoms with Gasteiger partial charge in [-0.1, -0.05) is 12.1 Å². The third kappa shape index (κ3) is 2.47. The van der Waals surface area contributed by atoms with Gasteiger partial charge in [0, 0.05) is 12.2 Å². The molecule has 0 aromatic heterocycles. The van der Waals surface area contributed by atoms with E-state index in [1.54, 1.807) is 12.1 Å². The SMILES string of the molecule is Nc1ccc(C(O)C2COCCN2)cc1. The third-order valence-corrected chi connectivity index (χ3v) is 2.61. The van der Waals surface area contributed by atoms with Crippen molar-refractivity contribution in [3.63, 3.8) is 0 Å². The van der Waals surface area contributed by atoms with Gasteiger partial charge in [0.25, 0.3) is 0 Å². The van der Waals surface area contributed by atoms with Crippen molar-refractivity contribution in [3.8, 4) is 0 Å². The first kappa shape index (κ1) is 10.4. The Labute approximate surface area is 89.0 Å². The van der Waals surface area contributed by atoms with E-state index in [-0.39, 0.29) is 6.04 Å². The van der Waals surface area contributed by atoms with Crippen molar-refractivity contribution >= 4 is 5.69 Å². The molecule has 1 fully saturated rings. The number of hydrogen-bond acceptors (Lipinski definition) is 4. The van der Waals surface area contributed by atoms with Crippen LogP contribution in [0.25, 0.3) is 0 Å². The molecule has 4 N–H and O–H groups in total. The van der Waals surface area contributed by atoms with Gasteiger partial charge >= 0.3 is 0 Å². The highest BCUT2D eigenvalue weighted by Crippen LogP contribution is 2.19. The van der Waals surface area contributed by atoms with E-state index in [4.69, 9.17) is 10.5 Å². The van der Waals surface area contributed by atoms with Gasteiger partial charge in [-0.3, -0.25) is 0 Å². The Hall–Kier alpha value is -1.10. The van der Waals surface area contributed by atoms with Crippen molar-refractivity contribution in [2.75, 3.05) is 25.5 Å². The lowest BCUT2D eigenvalue weighted by Crippen LogP contribution is -2.45. The van der Waals surface area contributed by atoms with Crippen LogP contribution in [0.1, 0.15) is 11.7 Å². The van der Waals surface area contributed by atoms with Gasteiger partial charge in [-0.25, -0.2) is 0 Å². The fourth-order valence-corrected chi connectivity index (χ4v) is 1.71. The Bertz CT molecular complexity index is 307. The number of nitrogens with one attached hydrogen (secondary N) is 1. The molecule has 1 aromatic rings. The van der Waals surface area contributed by atoms with Crippen LogP contribution in [0.15, 0.2) is 24.3 Å². The summed E-state index contributed by atoms with van der Waals surface area (Å²) in [6, 6.07) is 7.25. The van der Waals surface area contributed by atoms with Crippen molar-refractivity contribution in [2.45, 2.75) is 12.1 Å². The second-order valence-electron chi connectivity index (χ2n) is 3.75. The van der Waals surface area contributed by atoms with Gasteiger partial charge in [-0.05, 0) is 17.7 Å². The van der Waals surface area contributed by atoms with E-state index in [1.165, 1.54) is 0 Å². The smallest absolute Gasteiger partial charge is 0.0965 e. The average Bonchev–Trinajstić information content (AvgIpc) is 2.30. The molecule has 1 saturated heterocycles. The van der Waals surface area contributed by atoms with Crippen molar-refractivity contribution in [2.24, 2.45) is 0 Å². The quantitative estimate of drug-likeness (QED) is 0.611. The van der Waals surface area contributed by atoms with Gasteiger partial charge in [0.2, 0.25) is 0 Å². The van der Waals surface area contributed by atoms with Crippen LogP contribution in [0.4, 0.5) is 5.69 Å². The topological polar surface area (TPSA) is 67.5 Å². The van der Waals surface area contributed by atoms with Crippen LogP contribution in [0, 0.1) is 0 Å². The number of rotatable bonds is 2. The number of nitrogens with two attached hydrogens (primary N) is 1. The number of aliphatic hydroxyl groups excluding tert-OH is 1. The standard InChI is InChI=1S/C11H16N2O2/c12-9-3-1-8(2-4-9)11(14)10-7-15-6-5-13-10/h1-4,10-11,13-14H,5-7,12H2. The third-order valence-electron chi connectivity index (χ3n) is 2.61. The summed E-state index contributed by atoms with van der Waals surface area (Å²) in [5.74, 6) is 0. The zero-order chi connectivity index (χ0) is 10.7. The highest BCUT2D eigenvalue weighted by Gasteiger charge is 2.22. The Balaban J connectivity index is 2.05. The maximum atomic E-state index is 10.1. The first-order valence-corrected chi connectivity index (χ1v) is 5.12. The molecule has 0 radical (unpaired) electrons. The molecule has 0 saturated carbocycles. The lowest BCUT2D eigenvalue weighted by molar-refractivity contribution is 0.0177.